The van der Waals surface area contributed by atoms with Crippen molar-refractivity contribution in [2.75, 3.05) is 0 Å². The lowest BCUT2D eigenvalue weighted by Gasteiger charge is -2.39. The summed E-state index contributed by atoms with van der Waals surface area (Å²) in [5.74, 6) is 0. The number of nitrogens with two attached hydrogens (primary N) is 1. The normalized spacial score (nSPS) is 19.1. The Morgan fingerprint density at radius 2 is 1.79 bits per heavy atom. The molecule has 0 radical (unpaired) electrons. The molecular formula is C13H19N. The number of aryl methyl sites for hydroxylation is 2. The van der Waals surface area contributed by atoms with E-state index in [0.717, 1.165) is 6.42 Å². The summed E-state index contributed by atoms with van der Waals surface area (Å²) in [4.78, 5) is 0. The molecule has 0 bridgehead atoms. The highest BCUT2D eigenvalue weighted by Gasteiger charge is 2.33. The van der Waals surface area contributed by atoms with Gasteiger partial charge in [0.2, 0.25) is 0 Å². The largest absolute Gasteiger partial charge is 0.325 e. The van der Waals surface area contributed by atoms with Crippen LogP contribution in [0.3, 0.4) is 0 Å². The fourth-order valence-electron chi connectivity index (χ4n) is 2.29. The quantitative estimate of drug-likeness (QED) is 0.760. The number of hydrogen-bond donors (Lipinski definition) is 1. The van der Waals surface area contributed by atoms with E-state index in [2.05, 4.69) is 32.0 Å². The molecule has 0 unspecified atom stereocenters. The van der Waals surface area contributed by atoms with E-state index in [9.17, 15) is 0 Å². The van der Waals surface area contributed by atoms with Crippen LogP contribution in [-0.4, -0.2) is 5.54 Å². The van der Waals surface area contributed by atoms with Crippen molar-refractivity contribution >= 4 is 0 Å². The summed E-state index contributed by atoms with van der Waals surface area (Å²) in [7, 11) is 0. The van der Waals surface area contributed by atoms with Crippen molar-refractivity contribution in [1.82, 2.24) is 0 Å². The molecular weight excluding hydrogens is 170 g/mol. The van der Waals surface area contributed by atoms with Gasteiger partial charge in [-0.25, -0.2) is 0 Å². The molecule has 0 atom stereocenters. The van der Waals surface area contributed by atoms with Crippen LogP contribution in [0.5, 0.6) is 0 Å². The van der Waals surface area contributed by atoms with E-state index in [0.29, 0.717) is 0 Å². The third kappa shape index (κ3) is 1.69. The summed E-state index contributed by atoms with van der Waals surface area (Å²) in [5, 5.41) is 0. The summed E-state index contributed by atoms with van der Waals surface area (Å²) in [6.07, 6.45) is 4.76. The minimum atomic E-state index is 0.108. The first-order valence-corrected chi connectivity index (χ1v) is 5.45. The highest BCUT2D eigenvalue weighted by Crippen LogP contribution is 2.33. The van der Waals surface area contributed by atoms with Gasteiger partial charge in [-0.15, -0.1) is 0 Å². The molecule has 2 N–H and O–H groups in total. The van der Waals surface area contributed by atoms with E-state index >= 15 is 0 Å². The third-order valence-electron chi connectivity index (χ3n) is 3.52. The molecule has 1 fully saturated rings. The first kappa shape index (κ1) is 9.72. The Hall–Kier alpha value is -0.820. The van der Waals surface area contributed by atoms with Crippen LogP contribution < -0.4 is 5.73 Å². The molecule has 0 aliphatic heterocycles. The Morgan fingerprint density at radius 3 is 2.21 bits per heavy atom. The van der Waals surface area contributed by atoms with Crippen molar-refractivity contribution in [3.05, 3.63) is 34.9 Å². The standard InChI is InChI=1S/C13H19N/c1-10-5-3-6-11(2)12(10)9-13(14)7-4-8-13/h3,5-6H,4,7-9,14H2,1-2H3. The van der Waals surface area contributed by atoms with E-state index in [1.54, 1.807) is 0 Å². The van der Waals surface area contributed by atoms with Gasteiger partial charge in [0.25, 0.3) is 0 Å². The summed E-state index contributed by atoms with van der Waals surface area (Å²) < 4.78 is 0. The highest BCUT2D eigenvalue weighted by molar-refractivity contribution is 5.35. The predicted molar refractivity (Wildman–Crippen MR) is 60.4 cm³/mol. The Kier molecular flexibility index (Phi) is 2.36. The zero-order chi connectivity index (χ0) is 10.2. The van der Waals surface area contributed by atoms with Gasteiger partial charge in [0.1, 0.15) is 0 Å². The smallest absolute Gasteiger partial charge is 0.0195 e. The lowest BCUT2D eigenvalue weighted by atomic mass is 9.72. The maximum atomic E-state index is 6.27. The molecule has 1 aromatic carbocycles. The van der Waals surface area contributed by atoms with E-state index in [-0.39, 0.29) is 5.54 Å². The van der Waals surface area contributed by atoms with Gasteiger partial charge >= 0.3 is 0 Å². The van der Waals surface area contributed by atoms with Gasteiger partial charge in [0.05, 0.1) is 0 Å². The lowest BCUT2D eigenvalue weighted by Crippen LogP contribution is -2.48. The van der Waals surface area contributed by atoms with Crippen LogP contribution in [-0.2, 0) is 6.42 Å². The van der Waals surface area contributed by atoms with E-state index < -0.39 is 0 Å². The van der Waals surface area contributed by atoms with Crippen LogP contribution in [0.1, 0.15) is 36.0 Å². The fraction of sp³-hybridized carbons (Fsp3) is 0.538. The van der Waals surface area contributed by atoms with Gasteiger partial charge in [0.15, 0.2) is 0 Å². The van der Waals surface area contributed by atoms with Crippen molar-refractivity contribution in [2.45, 2.75) is 45.1 Å². The van der Waals surface area contributed by atoms with Crippen LogP contribution >= 0.6 is 0 Å². The fourth-order valence-corrected chi connectivity index (χ4v) is 2.29. The van der Waals surface area contributed by atoms with Crippen LogP contribution in [0.2, 0.25) is 0 Å². The lowest BCUT2D eigenvalue weighted by molar-refractivity contribution is 0.247. The summed E-state index contributed by atoms with van der Waals surface area (Å²) in [6, 6.07) is 6.49. The Balaban J connectivity index is 2.23. The monoisotopic (exact) mass is 189 g/mol. The second-order valence-corrected chi connectivity index (χ2v) is 4.76. The van der Waals surface area contributed by atoms with Crippen molar-refractivity contribution in [3.63, 3.8) is 0 Å². The van der Waals surface area contributed by atoms with Crippen LogP contribution in [0.25, 0.3) is 0 Å². The van der Waals surface area contributed by atoms with Crippen LogP contribution in [0.15, 0.2) is 18.2 Å². The number of hydrogen-bond acceptors (Lipinski definition) is 1. The average Bonchev–Trinajstić information content (AvgIpc) is 2.09. The topological polar surface area (TPSA) is 26.0 Å². The molecule has 14 heavy (non-hydrogen) atoms. The second kappa shape index (κ2) is 3.39. The van der Waals surface area contributed by atoms with E-state index in [1.165, 1.54) is 36.0 Å². The Morgan fingerprint density at radius 1 is 1.21 bits per heavy atom. The number of rotatable bonds is 2. The molecule has 1 aromatic rings. The van der Waals surface area contributed by atoms with Crippen molar-refractivity contribution < 1.29 is 0 Å². The van der Waals surface area contributed by atoms with E-state index in [1.807, 2.05) is 0 Å². The molecule has 1 heteroatoms. The van der Waals surface area contributed by atoms with Crippen LogP contribution in [0, 0.1) is 13.8 Å². The molecule has 1 aliphatic carbocycles. The van der Waals surface area contributed by atoms with Gasteiger partial charge in [-0.1, -0.05) is 18.2 Å². The van der Waals surface area contributed by atoms with Crippen LogP contribution in [0.4, 0.5) is 0 Å². The predicted octanol–water partition coefficient (Wildman–Crippen LogP) is 2.73. The summed E-state index contributed by atoms with van der Waals surface area (Å²) in [5.41, 5.74) is 10.6. The van der Waals surface area contributed by atoms with Crippen molar-refractivity contribution in [1.29, 1.82) is 0 Å². The maximum Gasteiger partial charge on any atom is 0.0195 e. The minimum absolute atomic E-state index is 0.108. The molecule has 0 heterocycles. The van der Waals surface area contributed by atoms with Gasteiger partial charge in [0, 0.05) is 5.54 Å². The summed E-state index contributed by atoms with van der Waals surface area (Å²) >= 11 is 0. The third-order valence-corrected chi connectivity index (χ3v) is 3.52. The highest BCUT2D eigenvalue weighted by atomic mass is 14.8. The maximum absolute atomic E-state index is 6.27. The van der Waals surface area contributed by atoms with Gasteiger partial charge in [-0.3, -0.25) is 0 Å². The molecule has 0 aromatic heterocycles. The van der Waals surface area contributed by atoms with E-state index in [4.69, 9.17) is 5.73 Å². The molecule has 1 nitrogen and oxygen atoms in total. The molecule has 0 amide bonds. The average molecular weight is 189 g/mol. The summed E-state index contributed by atoms with van der Waals surface area (Å²) in [6.45, 7) is 4.37. The zero-order valence-electron chi connectivity index (χ0n) is 9.14. The Labute approximate surface area is 86.3 Å². The number of benzene rings is 1. The molecule has 2 rings (SSSR count). The van der Waals surface area contributed by atoms with Crippen molar-refractivity contribution in [3.8, 4) is 0 Å². The molecule has 0 saturated heterocycles. The van der Waals surface area contributed by atoms with Gasteiger partial charge < -0.3 is 5.73 Å². The first-order chi connectivity index (χ1) is 6.61. The van der Waals surface area contributed by atoms with Crippen molar-refractivity contribution in [2.24, 2.45) is 5.73 Å². The zero-order valence-corrected chi connectivity index (χ0v) is 9.14. The molecule has 0 spiro atoms. The second-order valence-electron chi connectivity index (χ2n) is 4.76. The van der Waals surface area contributed by atoms with Gasteiger partial charge in [-0.05, 0) is 56.2 Å². The minimum Gasteiger partial charge on any atom is -0.325 e. The molecule has 1 saturated carbocycles. The molecule has 1 aliphatic rings. The molecule has 76 valence electrons. The SMILES string of the molecule is Cc1cccc(C)c1CC1(N)CCC1. The van der Waals surface area contributed by atoms with Gasteiger partial charge in [-0.2, -0.15) is 0 Å². The Bertz CT molecular complexity index is 317. The first-order valence-electron chi connectivity index (χ1n) is 5.45.